The Labute approximate surface area is 262 Å². The number of halogens is 2. The molecule has 2 amide bonds. The van der Waals surface area contributed by atoms with Crippen LogP contribution in [0.15, 0.2) is 88.3 Å². The number of fused-ring (bicyclic) bond motifs is 3. The van der Waals surface area contributed by atoms with Crippen molar-refractivity contribution in [1.29, 1.82) is 0 Å². The van der Waals surface area contributed by atoms with Crippen molar-refractivity contribution < 1.29 is 9.59 Å². The molecule has 1 atom stereocenters. The number of hydrogen-bond acceptors (Lipinski definition) is 4. The van der Waals surface area contributed by atoms with Crippen LogP contribution < -0.4 is 10.9 Å². The summed E-state index contributed by atoms with van der Waals surface area (Å²) in [5.74, 6) is -0.362. The second-order valence-corrected chi connectivity index (χ2v) is 12.0. The summed E-state index contributed by atoms with van der Waals surface area (Å²) in [6.45, 7) is 2.17. The molecule has 0 bridgehead atoms. The maximum Gasteiger partial charge on any atom is 0.261 e. The first kappa shape index (κ1) is 28.9. The van der Waals surface area contributed by atoms with E-state index in [2.05, 4.69) is 33.4 Å². The molecule has 10 heteroatoms. The Morgan fingerprint density at radius 2 is 1.74 bits per heavy atom. The number of rotatable bonds is 6. The first-order valence-electron chi connectivity index (χ1n) is 14.0. The van der Waals surface area contributed by atoms with Gasteiger partial charge in [-0.3, -0.25) is 19.0 Å². The van der Waals surface area contributed by atoms with Gasteiger partial charge in [-0.1, -0.05) is 41.9 Å². The number of nitrogens with zero attached hydrogens (tertiary/aromatic N) is 4. The zero-order chi connectivity index (χ0) is 30.2. The van der Waals surface area contributed by atoms with Crippen molar-refractivity contribution in [3.8, 4) is 5.69 Å². The highest BCUT2D eigenvalue weighted by Gasteiger charge is 2.33. The molecule has 1 aliphatic heterocycles. The Morgan fingerprint density at radius 3 is 2.44 bits per heavy atom. The average molecular weight is 659 g/mol. The largest absolute Gasteiger partial charge is 0.355 e. The van der Waals surface area contributed by atoms with Crippen LogP contribution in [0.1, 0.15) is 50.0 Å². The van der Waals surface area contributed by atoms with Crippen LogP contribution >= 0.6 is 27.5 Å². The van der Waals surface area contributed by atoms with Crippen molar-refractivity contribution in [2.24, 2.45) is 0 Å². The van der Waals surface area contributed by atoms with E-state index in [1.165, 1.54) is 5.56 Å². The van der Waals surface area contributed by atoms with E-state index in [1.54, 1.807) is 59.0 Å². The number of aromatic nitrogens is 3. The second-order valence-electron chi connectivity index (χ2n) is 10.7. The zero-order valence-electron chi connectivity index (χ0n) is 23.7. The van der Waals surface area contributed by atoms with E-state index < -0.39 is 0 Å². The number of benzene rings is 3. The van der Waals surface area contributed by atoms with Gasteiger partial charge in [0.1, 0.15) is 5.65 Å². The van der Waals surface area contributed by atoms with Gasteiger partial charge in [-0.25, -0.2) is 4.52 Å². The van der Waals surface area contributed by atoms with E-state index in [-0.39, 0.29) is 30.0 Å². The fourth-order valence-corrected chi connectivity index (χ4v) is 6.12. The maximum atomic E-state index is 14.3. The van der Waals surface area contributed by atoms with Crippen molar-refractivity contribution in [3.05, 3.63) is 132 Å². The Kier molecular flexibility index (Phi) is 7.94. The molecule has 0 unspecified atom stereocenters. The lowest BCUT2D eigenvalue weighted by Crippen LogP contribution is -2.46. The Hall–Kier alpha value is -4.21. The number of carbonyl (C=O) groups is 2. The summed E-state index contributed by atoms with van der Waals surface area (Å²) in [5, 5.41) is 7.86. The Morgan fingerprint density at radius 1 is 1.02 bits per heavy atom. The number of aryl methyl sites for hydroxylation is 2. The van der Waals surface area contributed by atoms with Gasteiger partial charge in [0.25, 0.3) is 17.4 Å². The van der Waals surface area contributed by atoms with Gasteiger partial charge in [0.15, 0.2) is 0 Å². The standard InChI is InChI=1S/C33H29BrClN5O3/c1-20-16-26-29(19-38(20)32(42)23-12-15-27(34)28(35)17-23)40-31(24(18-37-40)9-8-21-6-4-3-5-7-21)39(33(26)43)25-13-10-22(11-14-25)30(41)36-2/h3-7,10-15,17-18,20H,8-9,16,19H2,1-2H3,(H,36,41)/t20-/m1/s1. The monoisotopic (exact) mass is 657 g/mol. The molecule has 0 aliphatic carbocycles. The molecular weight excluding hydrogens is 630 g/mol. The van der Waals surface area contributed by atoms with Gasteiger partial charge in [0, 0.05) is 39.8 Å². The van der Waals surface area contributed by atoms with Crippen molar-refractivity contribution in [3.63, 3.8) is 0 Å². The van der Waals surface area contributed by atoms with Crippen LogP contribution in [0.3, 0.4) is 0 Å². The molecule has 0 spiro atoms. The lowest BCUT2D eigenvalue weighted by Gasteiger charge is -2.35. The quantitative estimate of drug-likeness (QED) is 0.256. The highest BCUT2D eigenvalue weighted by molar-refractivity contribution is 9.10. The third-order valence-electron chi connectivity index (χ3n) is 8.01. The highest BCUT2D eigenvalue weighted by atomic mass is 79.9. The number of carbonyl (C=O) groups excluding carboxylic acids is 2. The summed E-state index contributed by atoms with van der Waals surface area (Å²) in [7, 11) is 1.58. The Balaban J connectivity index is 1.47. The van der Waals surface area contributed by atoms with E-state index in [9.17, 15) is 14.4 Å². The van der Waals surface area contributed by atoms with E-state index in [4.69, 9.17) is 16.7 Å². The molecule has 8 nitrogen and oxygen atoms in total. The summed E-state index contributed by atoms with van der Waals surface area (Å²) in [6, 6.07) is 22.1. The molecule has 3 heterocycles. The van der Waals surface area contributed by atoms with Crippen molar-refractivity contribution >= 4 is 45.0 Å². The second kappa shape index (κ2) is 11.8. The predicted molar refractivity (Wildman–Crippen MR) is 170 cm³/mol. The van der Waals surface area contributed by atoms with Crippen LogP contribution in [0.5, 0.6) is 0 Å². The third-order valence-corrected chi connectivity index (χ3v) is 9.25. The summed E-state index contributed by atoms with van der Waals surface area (Å²) < 4.78 is 4.22. The lowest BCUT2D eigenvalue weighted by atomic mass is 9.98. The van der Waals surface area contributed by atoms with Gasteiger partial charge in [-0.15, -0.1) is 0 Å². The summed E-state index contributed by atoms with van der Waals surface area (Å²) >= 11 is 9.69. The molecule has 2 aromatic heterocycles. The molecule has 1 aliphatic rings. The van der Waals surface area contributed by atoms with E-state index in [0.29, 0.717) is 56.1 Å². The Bertz CT molecular complexity index is 1920. The van der Waals surface area contributed by atoms with Gasteiger partial charge in [0.05, 0.1) is 29.1 Å². The topological polar surface area (TPSA) is 88.7 Å². The summed E-state index contributed by atoms with van der Waals surface area (Å²) in [6.07, 6.45) is 3.62. The van der Waals surface area contributed by atoms with Crippen LogP contribution in [0.4, 0.5) is 0 Å². The van der Waals surface area contributed by atoms with Crippen molar-refractivity contribution in [1.82, 2.24) is 24.4 Å². The minimum absolute atomic E-state index is 0.151. The lowest BCUT2D eigenvalue weighted by molar-refractivity contribution is 0.0651. The molecule has 3 aromatic carbocycles. The maximum absolute atomic E-state index is 14.3. The molecule has 0 saturated heterocycles. The van der Waals surface area contributed by atoms with E-state index in [1.807, 2.05) is 35.8 Å². The van der Waals surface area contributed by atoms with Gasteiger partial charge in [-0.2, -0.15) is 5.10 Å². The van der Waals surface area contributed by atoms with E-state index in [0.717, 1.165) is 12.0 Å². The summed E-state index contributed by atoms with van der Waals surface area (Å²) in [4.78, 5) is 42.0. The normalized spacial score (nSPS) is 14.5. The van der Waals surface area contributed by atoms with Crippen molar-refractivity contribution in [2.75, 3.05) is 7.05 Å². The number of nitrogens with one attached hydrogen (secondary N) is 1. The molecule has 43 heavy (non-hydrogen) atoms. The third kappa shape index (κ3) is 5.39. The average Bonchev–Trinajstić information content (AvgIpc) is 3.45. The van der Waals surface area contributed by atoms with Gasteiger partial charge in [-0.05, 0) is 90.1 Å². The first-order valence-corrected chi connectivity index (χ1v) is 15.2. The summed E-state index contributed by atoms with van der Waals surface area (Å²) in [5.41, 5.74) is 5.53. The van der Waals surface area contributed by atoms with Gasteiger partial charge >= 0.3 is 0 Å². The van der Waals surface area contributed by atoms with Gasteiger partial charge in [0.2, 0.25) is 0 Å². The van der Waals surface area contributed by atoms with E-state index >= 15 is 0 Å². The fraction of sp³-hybridized carbons (Fsp3) is 0.212. The smallest absolute Gasteiger partial charge is 0.261 e. The number of hydrogen-bond donors (Lipinski definition) is 1. The predicted octanol–water partition coefficient (Wildman–Crippen LogP) is 5.63. The molecule has 6 rings (SSSR count). The molecule has 218 valence electrons. The van der Waals surface area contributed by atoms with Gasteiger partial charge < -0.3 is 10.2 Å². The molecule has 5 aromatic rings. The van der Waals surface area contributed by atoms with Crippen molar-refractivity contribution in [2.45, 2.75) is 38.8 Å². The minimum Gasteiger partial charge on any atom is -0.355 e. The fourth-order valence-electron chi connectivity index (χ4n) is 5.70. The molecular formula is C33H29BrClN5O3. The first-order chi connectivity index (χ1) is 20.8. The number of amides is 2. The van der Waals surface area contributed by atoms with Crippen LogP contribution in [0.2, 0.25) is 5.02 Å². The molecule has 0 saturated carbocycles. The molecule has 0 radical (unpaired) electrons. The SMILES string of the molecule is CNC(=O)c1ccc(-n2c(=O)c3c(n4ncc(CCc5ccccc5)c24)CN(C(=O)c2ccc(Br)c(Cl)c2)[C@H](C)C3)cc1. The zero-order valence-corrected chi connectivity index (χ0v) is 26.0. The van der Waals surface area contributed by atoms with Crippen LogP contribution in [0.25, 0.3) is 11.3 Å². The molecule has 1 N–H and O–H groups in total. The van der Waals surface area contributed by atoms with Crippen LogP contribution in [0, 0.1) is 0 Å². The minimum atomic E-state index is -0.232. The van der Waals surface area contributed by atoms with Crippen LogP contribution in [-0.4, -0.2) is 44.0 Å². The molecule has 0 fully saturated rings. The highest BCUT2D eigenvalue weighted by Crippen LogP contribution is 2.29. The van der Waals surface area contributed by atoms with Crippen LogP contribution in [-0.2, 0) is 25.8 Å².